The molecule has 0 aromatic carbocycles. The van der Waals surface area contributed by atoms with Crippen molar-refractivity contribution >= 4 is 13.8 Å². The summed E-state index contributed by atoms with van der Waals surface area (Å²) >= 11 is 0. The Kier molecular flexibility index (Phi) is 43.7. The number of allylic oxidation sites excluding steroid dienone is 8. The van der Waals surface area contributed by atoms with Crippen molar-refractivity contribution in [1.29, 1.82) is 0 Å². The molecule has 0 radical (unpaired) electrons. The smallest absolute Gasteiger partial charge is 0.457 e. The van der Waals surface area contributed by atoms with E-state index < -0.39 is 33.2 Å². The normalized spacial score (nSPS) is 14.4. The highest BCUT2D eigenvalue weighted by Gasteiger charge is 2.26. The highest BCUT2D eigenvalue weighted by atomic mass is 31.2. The second-order valence-electron chi connectivity index (χ2n) is 15.8. The maximum absolute atomic E-state index is 12.6. The Bertz CT molecular complexity index is 1040. The van der Waals surface area contributed by atoms with Crippen LogP contribution in [0.25, 0.3) is 0 Å². The molecule has 0 aliphatic carbocycles. The van der Waals surface area contributed by atoms with E-state index in [0.29, 0.717) is 6.61 Å². The summed E-state index contributed by atoms with van der Waals surface area (Å²) in [5, 5.41) is 18.4. The molecule has 3 unspecified atom stereocenters. The van der Waals surface area contributed by atoms with E-state index in [1.807, 2.05) is 0 Å². The minimum absolute atomic E-state index is 0.0409. The molecule has 0 saturated heterocycles. The summed E-state index contributed by atoms with van der Waals surface area (Å²) in [6.07, 6.45) is 50.7. The number of phosphoric acid groups is 1. The second-order valence-corrected chi connectivity index (χ2v) is 17.2. The molecular formula is C48H89O9P. The molecule has 0 fully saturated rings. The SMILES string of the molecule is CCC/C=C\C/C=C\CCCCCCCCOCC(COP(=O)(O)OCC(O)CO)OC(=O)CCCCCCCCCCCCC/C=C\C/C=C\CCCCCCC. The molecule has 3 N–H and O–H groups in total. The molecule has 0 rings (SSSR count). The van der Waals surface area contributed by atoms with E-state index in [1.54, 1.807) is 0 Å². The van der Waals surface area contributed by atoms with Crippen LogP contribution in [0.15, 0.2) is 48.6 Å². The van der Waals surface area contributed by atoms with Crippen molar-refractivity contribution in [2.75, 3.05) is 33.0 Å². The number of rotatable bonds is 45. The lowest BCUT2D eigenvalue weighted by atomic mass is 10.0. The van der Waals surface area contributed by atoms with Crippen LogP contribution in [0.3, 0.4) is 0 Å². The summed E-state index contributed by atoms with van der Waals surface area (Å²) in [7, 11) is -4.52. The van der Waals surface area contributed by atoms with Gasteiger partial charge in [0.15, 0.2) is 0 Å². The van der Waals surface area contributed by atoms with Crippen molar-refractivity contribution in [2.24, 2.45) is 0 Å². The number of hydrogen-bond acceptors (Lipinski definition) is 8. The summed E-state index contributed by atoms with van der Waals surface area (Å²) < 4.78 is 33.4. The van der Waals surface area contributed by atoms with Gasteiger partial charge in [-0.2, -0.15) is 0 Å². The maximum Gasteiger partial charge on any atom is 0.472 e. The summed E-state index contributed by atoms with van der Waals surface area (Å²) in [6.45, 7) is 3.43. The van der Waals surface area contributed by atoms with Crippen molar-refractivity contribution in [3.63, 3.8) is 0 Å². The summed E-state index contributed by atoms with van der Waals surface area (Å²) in [5.74, 6) is -0.389. The van der Waals surface area contributed by atoms with Gasteiger partial charge >= 0.3 is 13.8 Å². The van der Waals surface area contributed by atoms with Gasteiger partial charge in [-0.15, -0.1) is 0 Å². The lowest BCUT2D eigenvalue weighted by Crippen LogP contribution is -2.29. The summed E-state index contributed by atoms with van der Waals surface area (Å²) in [4.78, 5) is 22.6. The van der Waals surface area contributed by atoms with E-state index in [-0.39, 0.29) is 25.6 Å². The van der Waals surface area contributed by atoms with E-state index in [1.165, 1.54) is 122 Å². The third-order valence-corrected chi connectivity index (χ3v) is 10.9. The third kappa shape index (κ3) is 44.0. The van der Waals surface area contributed by atoms with Crippen LogP contribution in [0.1, 0.15) is 206 Å². The number of carbonyl (C=O) groups excluding carboxylic acids is 1. The predicted octanol–water partition coefficient (Wildman–Crippen LogP) is 13.4. The first-order valence-electron chi connectivity index (χ1n) is 23.6. The van der Waals surface area contributed by atoms with Crippen molar-refractivity contribution in [1.82, 2.24) is 0 Å². The fraction of sp³-hybridized carbons (Fsp3) is 0.812. The second kappa shape index (κ2) is 45.0. The molecule has 0 aromatic heterocycles. The van der Waals surface area contributed by atoms with Crippen LogP contribution in [-0.2, 0) is 27.9 Å². The Morgan fingerprint density at radius 1 is 0.534 bits per heavy atom. The summed E-state index contributed by atoms with van der Waals surface area (Å²) in [6, 6.07) is 0. The van der Waals surface area contributed by atoms with E-state index >= 15 is 0 Å². The van der Waals surface area contributed by atoms with Crippen molar-refractivity contribution < 1.29 is 43.0 Å². The zero-order valence-corrected chi connectivity index (χ0v) is 38.2. The molecule has 0 aliphatic rings. The first kappa shape index (κ1) is 56.4. The lowest BCUT2D eigenvalue weighted by molar-refractivity contribution is -0.154. The molecule has 3 atom stereocenters. The van der Waals surface area contributed by atoms with Gasteiger partial charge in [-0.05, 0) is 70.6 Å². The molecule has 0 aliphatic heterocycles. The Hall–Kier alpha value is -1.58. The molecule has 0 heterocycles. The van der Waals surface area contributed by atoms with Crippen LogP contribution >= 0.6 is 7.82 Å². The van der Waals surface area contributed by atoms with Crippen LogP contribution in [0, 0.1) is 0 Å². The molecule has 58 heavy (non-hydrogen) atoms. The number of ether oxygens (including phenoxy) is 2. The number of hydrogen-bond donors (Lipinski definition) is 3. The average Bonchev–Trinajstić information content (AvgIpc) is 3.21. The van der Waals surface area contributed by atoms with Gasteiger partial charge in [0.2, 0.25) is 0 Å². The fourth-order valence-electron chi connectivity index (χ4n) is 6.37. The lowest BCUT2D eigenvalue weighted by Gasteiger charge is -2.20. The number of phosphoric ester groups is 1. The highest BCUT2D eigenvalue weighted by molar-refractivity contribution is 7.47. The standard InChI is InChI=1S/C48H89O9P/c1-3-5-7-9-11-13-15-17-19-20-21-22-23-24-25-26-27-28-30-32-34-36-38-40-48(51)57-47(45-56-58(52,53)55-43-46(50)42-49)44-54-41-39-37-35-33-31-29-18-16-14-12-10-8-6-4-2/h8,10,14-17,20-21,46-47,49-50H,3-7,9,11-13,18-19,22-45H2,1-2H3,(H,52,53)/b10-8-,16-14-,17-15-,21-20-. The molecule has 9 nitrogen and oxygen atoms in total. The average molecular weight is 841 g/mol. The largest absolute Gasteiger partial charge is 0.472 e. The van der Waals surface area contributed by atoms with Crippen LogP contribution in [0.2, 0.25) is 0 Å². The number of carbonyl (C=O) groups is 1. The zero-order valence-electron chi connectivity index (χ0n) is 37.3. The minimum atomic E-state index is -4.52. The van der Waals surface area contributed by atoms with Gasteiger partial charge in [0.05, 0.1) is 26.4 Å². The van der Waals surface area contributed by atoms with E-state index in [0.717, 1.165) is 64.2 Å². The van der Waals surface area contributed by atoms with Crippen molar-refractivity contribution in [2.45, 2.75) is 219 Å². The van der Waals surface area contributed by atoms with Crippen LogP contribution in [0.4, 0.5) is 0 Å². The molecule has 0 amide bonds. The monoisotopic (exact) mass is 841 g/mol. The first-order valence-corrected chi connectivity index (χ1v) is 25.1. The van der Waals surface area contributed by atoms with Gasteiger partial charge in [-0.1, -0.05) is 178 Å². The van der Waals surface area contributed by atoms with Gasteiger partial charge in [-0.3, -0.25) is 13.8 Å². The van der Waals surface area contributed by atoms with Gasteiger partial charge in [0.25, 0.3) is 0 Å². The number of aliphatic hydroxyl groups is 2. The minimum Gasteiger partial charge on any atom is -0.457 e. The van der Waals surface area contributed by atoms with Gasteiger partial charge < -0.3 is 24.6 Å². The van der Waals surface area contributed by atoms with Crippen LogP contribution in [-0.4, -0.2) is 66.3 Å². The van der Waals surface area contributed by atoms with E-state index in [2.05, 4.69) is 62.5 Å². The Balaban J connectivity index is 4.09. The quantitative estimate of drug-likeness (QED) is 0.0237. The molecule has 0 spiro atoms. The molecule has 0 saturated carbocycles. The van der Waals surface area contributed by atoms with Gasteiger partial charge in [0, 0.05) is 13.0 Å². The Labute approximate surface area is 356 Å². The number of aliphatic hydroxyl groups excluding tert-OH is 2. The van der Waals surface area contributed by atoms with Crippen molar-refractivity contribution in [3.05, 3.63) is 48.6 Å². The van der Waals surface area contributed by atoms with E-state index in [4.69, 9.17) is 23.6 Å². The summed E-state index contributed by atoms with van der Waals surface area (Å²) in [5.41, 5.74) is 0. The maximum atomic E-state index is 12.6. The molecule has 0 bridgehead atoms. The number of esters is 1. The Morgan fingerprint density at radius 2 is 0.966 bits per heavy atom. The molecule has 0 aromatic rings. The predicted molar refractivity (Wildman–Crippen MR) is 242 cm³/mol. The topological polar surface area (TPSA) is 132 Å². The third-order valence-electron chi connectivity index (χ3n) is 9.97. The van der Waals surface area contributed by atoms with Gasteiger partial charge in [0.1, 0.15) is 12.2 Å². The highest BCUT2D eigenvalue weighted by Crippen LogP contribution is 2.43. The Morgan fingerprint density at radius 3 is 1.45 bits per heavy atom. The molecule has 340 valence electrons. The van der Waals surface area contributed by atoms with Crippen LogP contribution in [0.5, 0.6) is 0 Å². The zero-order chi connectivity index (χ0) is 42.5. The fourth-order valence-corrected chi connectivity index (χ4v) is 7.15. The number of unbranched alkanes of at least 4 members (excludes halogenated alkanes) is 23. The van der Waals surface area contributed by atoms with Crippen LogP contribution < -0.4 is 0 Å². The first-order chi connectivity index (χ1) is 28.3. The van der Waals surface area contributed by atoms with E-state index in [9.17, 15) is 19.4 Å². The van der Waals surface area contributed by atoms with Gasteiger partial charge in [-0.25, -0.2) is 4.57 Å². The molecule has 10 heteroatoms. The molecular weight excluding hydrogens is 751 g/mol. The van der Waals surface area contributed by atoms with Crippen molar-refractivity contribution in [3.8, 4) is 0 Å².